The normalized spacial score (nSPS) is 19.3. The van der Waals surface area contributed by atoms with Crippen molar-refractivity contribution in [1.82, 2.24) is 14.9 Å². The van der Waals surface area contributed by atoms with Gasteiger partial charge in [0, 0.05) is 37.9 Å². The van der Waals surface area contributed by atoms with Gasteiger partial charge in [0.1, 0.15) is 0 Å². The monoisotopic (exact) mass is 324 g/mol. The van der Waals surface area contributed by atoms with E-state index in [2.05, 4.69) is 53.4 Å². The third-order valence-electron chi connectivity index (χ3n) is 4.67. The van der Waals surface area contributed by atoms with Crippen molar-refractivity contribution in [1.29, 1.82) is 0 Å². The summed E-state index contributed by atoms with van der Waals surface area (Å²) in [6.07, 6.45) is 3.21. The van der Waals surface area contributed by atoms with E-state index in [1.54, 1.807) is 12.4 Å². The topological polar surface area (TPSA) is 58.1 Å². The molecule has 0 aliphatic carbocycles. The minimum atomic E-state index is 0.00422. The standard InChI is InChI=1S/C19H24N4O/c1-4-20-18-21-10-15(11-22-18)17(24)23-12-16(19(2,3)13-23)14-8-6-5-7-9-14/h5-11,16H,4,12-13H2,1-3H3,(H,20,21,22). The highest BCUT2D eigenvalue weighted by atomic mass is 16.2. The molecular formula is C19H24N4O. The van der Waals surface area contributed by atoms with Gasteiger partial charge in [-0.1, -0.05) is 44.2 Å². The van der Waals surface area contributed by atoms with Crippen LogP contribution >= 0.6 is 0 Å². The highest BCUT2D eigenvalue weighted by Gasteiger charge is 2.42. The van der Waals surface area contributed by atoms with Gasteiger partial charge in [-0.2, -0.15) is 0 Å². The minimum Gasteiger partial charge on any atom is -0.355 e. The quantitative estimate of drug-likeness (QED) is 0.938. The van der Waals surface area contributed by atoms with Crippen LogP contribution < -0.4 is 5.32 Å². The van der Waals surface area contributed by atoms with E-state index < -0.39 is 0 Å². The number of hydrogen-bond donors (Lipinski definition) is 1. The number of anilines is 1. The Morgan fingerprint density at radius 2 is 1.92 bits per heavy atom. The lowest BCUT2D eigenvalue weighted by Gasteiger charge is -2.25. The first-order chi connectivity index (χ1) is 11.5. The van der Waals surface area contributed by atoms with Crippen molar-refractivity contribution in [3.63, 3.8) is 0 Å². The summed E-state index contributed by atoms with van der Waals surface area (Å²) in [6.45, 7) is 8.65. The van der Waals surface area contributed by atoms with Gasteiger partial charge >= 0.3 is 0 Å². The Labute approximate surface area is 143 Å². The molecule has 1 aromatic heterocycles. The Morgan fingerprint density at radius 1 is 1.25 bits per heavy atom. The summed E-state index contributed by atoms with van der Waals surface area (Å²) < 4.78 is 0. The summed E-state index contributed by atoms with van der Waals surface area (Å²) >= 11 is 0. The predicted molar refractivity (Wildman–Crippen MR) is 95.1 cm³/mol. The predicted octanol–water partition coefficient (Wildman–Crippen LogP) is 3.17. The number of amides is 1. The second kappa shape index (κ2) is 6.59. The summed E-state index contributed by atoms with van der Waals surface area (Å²) in [5, 5.41) is 3.04. The first-order valence-corrected chi connectivity index (χ1v) is 8.41. The van der Waals surface area contributed by atoms with Crippen LogP contribution in [0.3, 0.4) is 0 Å². The molecule has 1 aliphatic heterocycles. The maximum absolute atomic E-state index is 12.8. The van der Waals surface area contributed by atoms with Gasteiger partial charge in [-0.3, -0.25) is 4.79 Å². The van der Waals surface area contributed by atoms with Crippen LogP contribution in [0.5, 0.6) is 0 Å². The second-order valence-corrected chi connectivity index (χ2v) is 6.96. The fourth-order valence-electron chi connectivity index (χ4n) is 3.40. The minimum absolute atomic E-state index is 0.00422. The van der Waals surface area contributed by atoms with Crippen molar-refractivity contribution in [3.8, 4) is 0 Å². The SMILES string of the molecule is CCNc1ncc(C(=O)N2CC(c3ccccc3)C(C)(C)C2)cn1. The molecule has 3 rings (SSSR count). The van der Waals surface area contributed by atoms with Crippen LogP contribution in [0, 0.1) is 5.41 Å². The molecule has 2 heterocycles. The fourth-order valence-corrected chi connectivity index (χ4v) is 3.40. The molecule has 0 saturated carbocycles. The number of hydrogen-bond acceptors (Lipinski definition) is 4. The number of nitrogens with zero attached hydrogens (tertiary/aromatic N) is 3. The highest BCUT2D eigenvalue weighted by Crippen LogP contribution is 2.42. The molecule has 0 spiro atoms. The second-order valence-electron chi connectivity index (χ2n) is 6.96. The third-order valence-corrected chi connectivity index (χ3v) is 4.67. The highest BCUT2D eigenvalue weighted by molar-refractivity contribution is 5.94. The van der Waals surface area contributed by atoms with Crippen LogP contribution in [0.15, 0.2) is 42.7 Å². The van der Waals surface area contributed by atoms with Crippen LogP contribution in [-0.2, 0) is 0 Å². The summed E-state index contributed by atoms with van der Waals surface area (Å²) in [4.78, 5) is 23.1. The van der Waals surface area contributed by atoms with Gasteiger partial charge in [0.05, 0.1) is 5.56 Å². The first-order valence-electron chi connectivity index (χ1n) is 8.41. The van der Waals surface area contributed by atoms with Gasteiger partial charge in [-0.25, -0.2) is 9.97 Å². The molecule has 1 N–H and O–H groups in total. The van der Waals surface area contributed by atoms with E-state index in [1.165, 1.54) is 5.56 Å². The third kappa shape index (κ3) is 3.25. The van der Waals surface area contributed by atoms with Crippen LogP contribution in [-0.4, -0.2) is 40.4 Å². The largest absolute Gasteiger partial charge is 0.355 e. The Balaban J connectivity index is 1.77. The maximum atomic E-state index is 12.8. The molecule has 1 saturated heterocycles. The number of likely N-dealkylation sites (tertiary alicyclic amines) is 1. The molecule has 1 aliphatic rings. The van der Waals surface area contributed by atoms with Crippen LogP contribution in [0.25, 0.3) is 0 Å². The summed E-state index contributed by atoms with van der Waals surface area (Å²) in [7, 11) is 0. The van der Waals surface area contributed by atoms with E-state index in [1.807, 2.05) is 17.9 Å². The zero-order valence-electron chi connectivity index (χ0n) is 14.5. The van der Waals surface area contributed by atoms with Gasteiger partial charge in [0.15, 0.2) is 0 Å². The summed E-state index contributed by atoms with van der Waals surface area (Å²) in [5.41, 5.74) is 1.87. The lowest BCUT2D eigenvalue weighted by molar-refractivity contribution is 0.0777. The van der Waals surface area contributed by atoms with Crippen molar-refractivity contribution < 1.29 is 4.79 Å². The Bertz CT molecular complexity index is 697. The smallest absolute Gasteiger partial charge is 0.257 e. The lowest BCUT2D eigenvalue weighted by atomic mass is 9.78. The molecule has 24 heavy (non-hydrogen) atoms. The molecule has 2 aromatic rings. The van der Waals surface area contributed by atoms with E-state index in [0.29, 0.717) is 17.4 Å². The maximum Gasteiger partial charge on any atom is 0.257 e. The summed E-state index contributed by atoms with van der Waals surface area (Å²) in [6, 6.07) is 10.4. The zero-order valence-corrected chi connectivity index (χ0v) is 14.5. The van der Waals surface area contributed by atoms with Crippen molar-refractivity contribution in [2.75, 3.05) is 25.0 Å². The van der Waals surface area contributed by atoms with Gasteiger partial charge in [-0.05, 0) is 17.9 Å². The van der Waals surface area contributed by atoms with E-state index >= 15 is 0 Å². The van der Waals surface area contributed by atoms with Crippen molar-refractivity contribution in [3.05, 3.63) is 53.9 Å². The number of nitrogens with one attached hydrogen (secondary N) is 1. The molecule has 0 bridgehead atoms. The molecule has 1 aromatic carbocycles. The van der Waals surface area contributed by atoms with Gasteiger partial charge < -0.3 is 10.2 Å². The van der Waals surface area contributed by atoms with Crippen LogP contribution in [0.4, 0.5) is 5.95 Å². The molecule has 1 unspecified atom stereocenters. The fraction of sp³-hybridized carbons (Fsp3) is 0.421. The average molecular weight is 324 g/mol. The zero-order chi connectivity index (χ0) is 17.2. The van der Waals surface area contributed by atoms with Crippen molar-refractivity contribution in [2.45, 2.75) is 26.7 Å². The molecule has 1 atom stereocenters. The first kappa shape index (κ1) is 16.4. The van der Waals surface area contributed by atoms with Gasteiger partial charge in [0.25, 0.3) is 5.91 Å². The van der Waals surface area contributed by atoms with E-state index in [9.17, 15) is 4.79 Å². The Hall–Kier alpha value is -2.43. The van der Waals surface area contributed by atoms with Gasteiger partial charge in [0.2, 0.25) is 5.95 Å². The lowest BCUT2D eigenvalue weighted by Crippen LogP contribution is -2.30. The van der Waals surface area contributed by atoms with Crippen LogP contribution in [0.2, 0.25) is 0 Å². The van der Waals surface area contributed by atoms with E-state index in [4.69, 9.17) is 0 Å². The average Bonchev–Trinajstić information content (AvgIpc) is 2.91. The Kier molecular flexibility index (Phi) is 4.51. The summed E-state index contributed by atoms with van der Waals surface area (Å²) in [5.74, 6) is 0.895. The number of aromatic nitrogens is 2. The molecule has 0 radical (unpaired) electrons. The molecule has 1 amide bonds. The van der Waals surface area contributed by atoms with Crippen LogP contribution in [0.1, 0.15) is 42.6 Å². The number of carbonyl (C=O) groups is 1. The van der Waals surface area contributed by atoms with Crippen molar-refractivity contribution >= 4 is 11.9 Å². The molecule has 126 valence electrons. The molecule has 5 heteroatoms. The van der Waals surface area contributed by atoms with E-state index in [-0.39, 0.29) is 11.3 Å². The number of carbonyl (C=O) groups excluding carboxylic acids is 1. The number of benzene rings is 1. The molecule has 5 nitrogen and oxygen atoms in total. The van der Waals surface area contributed by atoms with Crippen molar-refractivity contribution in [2.24, 2.45) is 5.41 Å². The Morgan fingerprint density at radius 3 is 2.54 bits per heavy atom. The molecular weight excluding hydrogens is 300 g/mol. The number of rotatable bonds is 4. The van der Waals surface area contributed by atoms with Gasteiger partial charge in [-0.15, -0.1) is 0 Å². The molecule has 1 fully saturated rings. The van der Waals surface area contributed by atoms with E-state index in [0.717, 1.165) is 19.6 Å².